The summed E-state index contributed by atoms with van der Waals surface area (Å²) in [7, 11) is 1.33. The molecule has 1 aromatic carbocycles. The molecule has 0 atom stereocenters. The van der Waals surface area contributed by atoms with Gasteiger partial charge in [-0.2, -0.15) is 0 Å². The fraction of sp³-hybridized carbons (Fsp3) is 0.571. The average molecular weight is 372 g/mol. The molecule has 2 amide bonds. The van der Waals surface area contributed by atoms with Crippen molar-refractivity contribution < 1.29 is 19.1 Å². The van der Waals surface area contributed by atoms with E-state index in [2.05, 4.69) is 10.6 Å². The number of carbonyl (C=O) groups is 3. The second-order valence-corrected chi connectivity index (χ2v) is 7.83. The van der Waals surface area contributed by atoms with E-state index in [1.54, 1.807) is 18.2 Å². The molecule has 0 radical (unpaired) electrons. The Bertz CT molecular complexity index is 734. The van der Waals surface area contributed by atoms with Gasteiger partial charge < -0.3 is 15.4 Å². The molecule has 0 aliphatic heterocycles. The molecule has 0 spiro atoms. The molecule has 146 valence electrons. The van der Waals surface area contributed by atoms with E-state index in [0.29, 0.717) is 30.1 Å². The van der Waals surface area contributed by atoms with Crippen molar-refractivity contribution >= 4 is 23.5 Å². The first kappa shape index (κ1) is 19.4. The SMILES string of the molecule is COC(=O)c1ccc(C)c(NC(=O)C2(CC(=O)NC3CC3)CCCCC2)c1. The first-order chi connectivity index (χ1) is 12.9. The van der Waals surface area contributed by atoms with Crippen LogP contribution in [0.4, 0.5) is 5.69 Å². The summed E-state index contributed by atoms with van der Waals surface area (Å²) in [6.07, 6.45) is 6.71. The number of aryl methyl sites for hydroxylation is 1. The van der Waals surface area contributed by atoms with Gasteiger partial charge in [0.2, 0.25) is 11.8 Å². The van der Waals surface area contributed by atoms with Crippen LogP contribution in [0, 0.1) is 12.3 Å². The number of carbonyl (C=O) groups excluding carboxylic acids is 3. The molecule has 2 saturated carbocycles. The molecule has 0 bridgehead atoms. The van der Waals surface area contributed by atoms with Gasteiger partial charge >= 0.3 is 5.97 Å². The van der Waals surface area contributed by atoms with Crippen LogP contribution in [0.15, 0.2) is 18.2 Å². The van der Waals surface area contributed by atoms with Crippen LogP contribution in [-0.2, 0) is 14.3 Å². The van der Waals surface area contributed by atoms with Crippen LogP contribution in [0.2, 0.25) is 0 Å². The predicted molar refractivity (Wildman–Crippen MR) is 102 cm³/mol. The fourth-order valence-electron chi connectivity index (χ4n) is 3.78. The molecule has 6 nitrogen and oxygen atoms in total. The molecule has 2 aliphatic carbocycles. The number of esters is 1. The Hall–Kier alpha value is -2.37. The third-order valence-electron chi connectivity index (χ3n) is 5.64. The van der Waals surface area contributed by atoms with Gasteiger partial charge in [-0.05, 0) is 50.3 Å². The third kappa shape index (κ3) is 4.67. The minimum absolute atomic E-state index is 0.0328. The van der Waals surface area contributed by atoms with E-state index in [4.69, 9.17) is 4.74 Å². The number of rotatable bonds is 6. The predicted octanol–water partition coefficient (Wildman–Crippen LogP) is 3.34. The van der Waals surface area contributed by atoms with E-state index < -0.39 is 11.4 Å². The van der Waals surface area contributed by atoms with Crippen molar-refractivity contribution in [3.63, 3.8) is 0 Å². The average Bonchev–Trinajstić information content (AvgIpc) is 3.47. The summed E-state index contributed by atoms with van der Waals surface area (Å²) in [5.41, 5.74) is 1.17. The van der Waals surface area contributed by atoms with Crippen molar-refractivity contribution in [2.24, 2.45) is 5.41 Å². The molecule has 1 aromatic rings. The van der Waals surface area contributed by atoms with Crippen LogP contribution >= 0.6 is 0 Å². The number of methoxy groups -OCH3 is 1. The molecule has 0 saturated heterocycles. The number of ether oxygens (including phenoxy) is 1. The second-order valence-electron chi connectivity index (χ2n) is 7.83. The minimum atomic E-state index is -0.676. The maximum Gasteiger partial charge on any atom is 0.337 e. The van der Waals surface area contributed by atoms with Crippen LogP contribution in [0.5, 0.6) is 0 Å². The Labute approximate surface area is 160 Å². The molecule has 27 heavy (non-hydrogen) atoms. The standard InChI is InChI=1S/C21H28N2O4/c1-14-6-7-15(19(25)27-2)12-17(14)23-20(26)21(10-4-3-5-11-21)13-18(24)22-16-8-9-16/h6-7,12,16H,3-5,8-11,13H2,1-2H3,(H,22,24)(H,23,26). The molecule has 0 aromatic heterocycles. The largest absolute Gasteiger partial charge is 0.465 e. The van der Waals surface area contributed by atoms with E-state index in [9.17, 15) is 14.4 Å². The maximum absolute atomic E-state index is 13.2. The molecular weight excluding hydrogens is 344 g/mol. The Morgan fingerprint density at radius 1 is 1.15 bits per heavy atom. The Morgan fingerprint density at radius 3 is 2.48 bits per heavy atom. The van der Waals surface area contributed by atoms with Gasteiger partial charge in [-0.1, -0.05) is 25.3 Å². The Balaban J connectivity index is 1.77. The first-order valence-electron chi connectivity index (χ1n) is 9.73. The summed E-state index contributed by atoms with van der Waals surface area (Å²) in [6, 6.07) is 5.39. The lowest BCUT2D eigenvalue weighted by Gasteiger charge is -2.35. The van der Waals surface area contributed by atoms with Crippen molar-refractivity contribution in [3.05, 3.63) is 29.3 Å². The highest BCUT2D eigenvalue weighted by molar-refractivity contribution is 6.00. The van der Waals surface area contributed by atoms with Crippen LogP contribution < -0.4 is 10.6 Å². The normalized spacial score (nSPS) is 18.4. The summed E-state index contributed by atoms with van der Waals surface area (Å²) in [5, 5.41) is 6.00. The van der Waals surface area contributed by atoms with Gasteiger partial charge in [0.1, 0.15) is 0 Å². The van der Waals surface area contributed by atoms with Gasteiger partial charge in [-0.15, -0.1) is 0 Å². The van der Waals surface area contributed by atoms with Gasteiger partial charge in [0.05, 0.1) is 18.1 Å². The molecule has 0 heterocycles. The zero-order valence-electron chi connectivity index (χ0n) is 16.1. The van der Waals surface area contributed by atoms with Crippen LogP contribution in [-0.4, -0.2) is 30.9 Å². The minimum Gasteiger partial charge on any atom is -0.465 e. The number of amides is 2. The van der Waals surface area contributed by atoms with Gasteiger partial charge in [-0.25, -0.2) is 4.79 Å². The van der Waals surface area contributed by atoms with Crippen molar-refractivity contribution in [3.8, 4) is 0 Å². The zero-order valence-corrected chi connectivity index (χ0v) is 16.1. The molecule has 6 heteroatoms. The molecule has 2 fully saturated rings. The lowest BCUT2D eigenvalue weighted by atomic mass is 9.70. The van der Waals surface area contributed by atoms with E-state index in [0.717, 1.165) is 37.7 Å². The summed E-state index contributed by atoms with van der Waals surface area (Å²) in [5.74, 6) is -0.602. The monoisotopic (exact) mass is 372 g/mol. The topological polar surface area (TPSA) is 84.5 Å². The van der Waals surface area contributed by atoms with Crippen molar-refractivity contribution in [2.45, 2.75) is 64.3 Å². The van der Waals surface area contributed by atoms with Gasteiger partial charge in [0.15, 0.2) is 0 Å². The van der Waals surface area contributed by atoms with Crippen molar-refractivity contribution in [1.82, 2.24) is 5.32 Å². The number of benzene rings is 1. The molecule has 0 unspecified atom stereocenters. The smallest absolute Gasteiger partial charge is 0.337 e. The first-order valence-corrected chi connectivity index (χ1v) is 9.73. The quantitative estimate of drug-likeness (QED) is 0.750. The zero-order chi connectivity index (χ0) is 19.4. The highest BCUT2D eigenvalue weighted by atomic mass is 16.5. The molecule has 2 N–H and O–H groups in total. The van der Waals surface area contributed by atoms with E-state index in [1.807, 2.05) is 6.92 Å². The van der Waals surface area contributed by atoms with E-state index in [-0.39, 0.29) is 18.2 Å². The van der Waals surface area contributed by atoms with E-state index >= 15 is 0 Å². The highest BCUT2D eigenvalue weighted by Crippen LogP contribution is 2.41. The Kier molecular flexibility index (Phi) is 5.82. The molecule has 3 rings (SSSR count). The summed E-state index contributed by atoms with van der Waals surface area (Å²) < 4.78 is 4.76. The van der Waals surface area contributed by atoms with Gasteiger partial charge in [0.25, 0.3) is 0 Å². The second kappa shape index (κ2) is 8.11. The summed E-state index contributed by atoms with van der Waals surface area (Å²) >= 11 is 0. The summed E-state index contributed by atoms with van der Waals surface area (Å²) in [6.45, 7) is 1.88. The fourth-order valence-corrected chi connectivity index (χ4v) is 3.78. The van der Waals surface area contributed by atoms with E-state index in [1.165, 1.54) is 7.11 Å². The number of hydrogen-bond donors (Lipinski definition) is 2. The lowest BCUT2D eigenvalue weighted by Crippen LogP contribution is -2.42. The van der Waals surface area contributed by atoms with Crippen molar-refractivity contribution in [2.75, 3.05) is 12.4 Å². The van der Waals surface area contributed by atoms with Crippen LogP contribution in [0.3, 0.4) is 0 Å². The molecular formula is C21H28N2O4. The number of hydrogen-bond acceptors (Lipinski definition) is 4. The highest BCUT2D eigenvalue weighted by Gasteiger charge is 2.42. The van der Waals surface area contributed by atoms with Gasteiger partial charge in [0, 0.05) is 18.2 Å². The van der Waals surface area contributed by atoms with Crippen LogP contribution in [0.1, 0.15) is 67.3 Å². The van der Waals surface area contributed by atoms with Crippen molar-refractivity contribution in [1.29, 1.82) is 0 Å². The number of nitrogens with one attached hydrogen (secondary N) is 2. The maximum atomic E-state index is 13.2. The Morgan fingerprint density at radius 2 is 1.85 bits per heavy atom. The third-order valence-corrected chi connectivity index (χ3v) is 5.64. The van der Waals surface area contributed by atoms with Crippen LogP contribution in [0.25, 0.3) is 0 Å². The summed E-state index contributed by atoms with van der Waals surface area (Å²) in [4.78, 5) is 37.4. The van der Waals surface area contributed by atoms with Gasteiger partial charge in [-0.3, -0.25) is 9.59 Å². The molecule has 2 aliphatic rings. The number of anilines is 1. The lowest BCUT2D eigenvalue weighted by molar-refractivity contribution is -0.134.